The van der Waals surface area contributed by atoms with Crippen molar-refractivity contribution in [2.45, 2.75) is 19.1 Å². The van der Waals surface area contributed by atoms with Crippen LogP contribution in [-0.2, 0) is 11.3 Å². The molecule has 2 aliphatic rings. The van der Waals surface area contributed by atoms with E-state index in [-0.39, 0.29) is 18.0 Å². The molecule has 4 nitrogen and oxygen atoms in total. The Morgan fingerprint density at radius 2 is 2.37 bits per heavy atom. The molecule has 2 aliphatic heterocycles. The lowest BCUT2D eigenvalue weighted by Crippen LogP contribution is -2.28. The van der Waals surface area contributed by atoms with Crippen molar-refractivity contribution in [1.29, 1.82) is 0 Å². The summed E-state index contributed by atoms with van der Waals surface area (Å²) in [6, 6.07) is 6.34. The van der Waals surface area contributed by atoms with Gasteiger partial charge in [0.15, 0.2) is 0 Å². The summed E-state index contributed by atoms with van der Waals surface area (Å²) in [5, 5.41) is 3.28. The molecular weight excluding hydrogens is 247 g/mol. The van der Waals surface area contributed by atoms with Crippen LogP contribution in [0.3, 0.4) is 0 Å². The maximum Gasteiger partial charge on any atom is 0.410 e. The van der Waals surface area contributed by atoms with Crippen LogP contribution in [0.5, 0.6) is 0 Å². The van der Waals surface area contributed by atoms with E-state index in [1.165, 1.54) is 12.1 Å². The van der Waals surface area contributed by atoms with Gasteiger partial charge in [-0.15, -0.1) is 0 Å². The summed E-state index contributed by atoms with van der Waals surface area (Å²) in [7, 11) is 0. The third kappa shape index (κ3) is 2.71. The van der Waals surface area contributed by atoms with Gasteiger partial charge in [-0.3, -0.25) is 0 Å². The Bertz CT molecular complexity index is 474. The highest BCUT2D eigenvalue weighted by atomic mass is 19.1. The van der Waals surface area contributed by atoms with Crippen molar-refractivity contribution < 1.29 is 13.9 Å². The minimum atomic E-state index is -0.291. The Labute approximate surface area is 111 Å². The van der Waals surface area contributed by atoms with Gasteiger partial charge in [0.1, 0.15) is 11.9 Å². The first-order valence-electron chi connectivity index (χ1n) is 6.63. The molecule has 0 bridgehead atoms. The third-order valence-electron chi connectivity index (χ3n) is 3.80. The number of cyclic esters (lactones) is 1. The van der Waals surface area contributed by atoms with Crippen LogP contribution in [0, 0.1) is 11.7 Å². The molecule has 102 valence electrons. The predicted octanol–water partition coefficient (Wildman–Crippen LogP) is 1.76. The molecule has 5 heteroatoms. The van der Waals surface area contributed by atoms with E-state index in [0.717, 1.165) is 25.1 Å². The smallest absolute Gasteiger partial charge is 0.410 e. The van der Waals surface area contributed by atoms with E-state index in [9.17, 15) is 9.18 Å². The summed E-state index contributed by atoms with van der Waals surface area (Å²) < 4.78 is 18.5. The number of carbonyl (C=O) groups is 1. The molecule has 2 saturated heterocycles. The zero-order valence-electron chi connectivity index (χ0n) is 10.6. The zero-order chi connectivity index (χ0) is 13.2. The number of hydrogen-bond donors (Lipinski definition) is 1. The molecule has 3 rings (SSSR count). The number of benzene rings is 1. The topological polar surface area (TPSA) is 41.6 Å². The van der Waals surface area contributed by atoms with E-state index in [1.54, 1.807) is 11.0 Å². The van der Waals surface area contributed by atoms with Crippen LogP contribution < -0.4 is 5.32 Å². The van der Waals surface area contributed by atoms with E-state index >= 15 is 0 Å². The fourth-order valence-electron chi connectivity index (χ4n) is 2.76. The lowest BCUT2D eigenvalue weighted by molar-refractivity contribution is 0.107. The fourth-order valence-corrected chi connectivity index (χ4v) is 2.76. The van der Waals surface area contributed by atoms with Gasteiger partial charge in [0, 0.05) is 19.0 Å². The fraction of sp³-hybridized carbons (Fsp3) is 0.500. The van der Waals surface area contributed by atoms with E-state index in [0.29, 0.717) is 19.0 Å². The molecule has 0 aromatic heterocycles. The molecule has 0 radical (unpaired) electrons. The van der Waals surface area contributed by atoms with Crippen molar-refractivity contribution in [2.24, 2.45) is 5.92 Å². The average molecular weight is 264 g/mol. The Morgan fingerprint density at radius 3 is 3.11 bits per heavy atom. The van der Waals surface area contributed by atoms with Gasteiger partial charge in [-0.1, -0.05) is 12.1 Å². The predicted molar refractivity (Wildman–Crippen MR) is 68.1 cm³/mol. The van der Waals surface area contributed by atoms with Crippen LogP contribution in [0.15, 0.2) is 24.3 Å². The summed E-state index contributed by atoms with van der Waals surface area (Å²) in [4.78, 5) is 13.5. The highest BCUT2D eigenvalue weighted by molar-refractivity contribution is 5.70. The van der Waals surface area contributed by atoms with Crippen LogP contribution in [0.2, 0.25) is 0 Å². The van der Waals surface area contributed by atoms with Gasteiger partial charge in [-0.25, -0.2) is 9.18 Å². The van der Waals surface area contributed by atoms with Crippen LogP contribution in [0.4, 0.5) is 9.18 Å². The highest BCUT2D eigenvalue weighted by Crippen LogP contribution is 2.24. The largest absolute Gasteiger partial charge is 0.444 e. The van der Waals surface area contributed by atoms with Crippen molar-refractivity contribution in [3.05, 3.63) is 35.6 Å². The number of carbonyl (C=O) groups excluding carboxylic acids is 1. The second-order valence-electron chi connectivity index (χ2n) is 5.19. The van der Waals surface area contributed by atoms with E-state index in [2.05, 4.69) is 5.32 Å². The molecule has 0 spiro atoms. The van der Waals surface area contributed by atoms with E-state index in [4.69, 9.17) is 4.74 Å². The van der Waals surface area contributed by atoms with Crippen molar-refractivity contribution in [2.75, 3.05) is 19.6 Å². The second-order valence-corrected chi connectivity index (χ2v) is 5.19. The van der Waals surface area contributed by atoms with Crippen molar-refractivity contribution in [3.8, 4) is 0 Å². The summed E-state index contributed by atoms with van der Waals surface area (Å²) >= 11 is 0. The standard InChI is InChI=1S/C14H17FN2O2/c15-12-3-1-2-10(6-12)8-17-9-13(19-14(17)18)11-4-5-16-7-11/h1-3,6,11,13,16H,4-5,7-9H2. The molecular formula is C14H17FN2O2. The Morgan fingerprint density at radius 1 is 1.47 bits per heavy atom. The molecule has 2 atom stereocenters. The molecule has 2 heterocycles. The van der Waals surface area contributed by atoms with Crippen molar-refractivity contribution in [3.63, 3.8) is 0 Å². The van der Waals surface area contributed by atoms with Gasteiger partial charge >= 0.3 is 6.09 Å². The zero-order valence-corrected chi connectivity index (χ0v) is 10.6. The van der Waals surface area contributed by atoms with Gasteiger partial charge in [-0.2, -0.15) is 0 Å². The first kappa shape index (κ1) is 12.4. The lowest BCUT2D eigenvalue weighted by Gasteiger charge is -2.15. The Balaban J connectivity index is 1.64. The van der Waals surface area contributed by atoms with Gasteiger partial charge in [-0.05, 0) is 30.7 Å². The normalized spacial score (nSPS) is 26.8. The Kier molecular flexibility index (Phi) is 3.38. The second kappa shape index (κ2) is 5.17. The van der Waals surface area contributed by atoms with Crippen LogP contribution in [-0.4, -0.2) is 36.7 Å². The number of nitrogens with zero attached hydrogens (tertiary/aromatic N) is 1. The summed E-state index contributed by atoms with van der Waals surface area (Å²) in [6.45, 7) is 2.91. The summed E-state index contributed by atoms with van der Waals surface area (Å²) in [6.07, 6.45) is 0.725. The van der Waals surface area contributed by atoms with Crippen LogP contribution in [0.1, 0.15) is 12.0 Å². The van der Waals surface area contributed by atoms with Gasteiger partial charge < -0.3 is 15.0 Å². The third-order valence-corrected chi connectivity index (χ3v) is 3.80. The van der Waals surface area contributed by atoms with E-state index < -0.39 is 0 Å². The number of hydrogen-bond acceptors (Lipinski definition) is 3. The highest BCUT2D eigenvalue weighted by Gasteiger charge is 2.37. The quantitative estimate of drug-likeness (QED) is 0.904. The van der Waals surface area contributed by atoms with Crippen molar-refractivity contribution in [1.82, 2.24) is 10.2 Å². The van der Waals surface area contributed by atoms with Crippen LogP contribution >= 0.6 is 0 Å². The number of ether oxygens (including phenoxy) is 1. The van der Waals surface area contributed by atoms with E-state index in [1.807, 2.05) is 6.07 Å². The van der Waals surface area contributed by atoms with Crippen molar-refractivity contribution >= 4 is 6.09 Å². The minimum absolute atomic E-state index is 0.0314. The maximum atomic E-state index is 13.1. The summed E-state index contributed by atoms with van der Waals surface area (Å²) in [5.41, 5.74) is 0.794. The molecule has 0 aliphatic carbocycles. The van der Waals surface area contributed by atoms with Gasteiger partial charge in [0.25, 0.3) is 0 Å². The maximum absolute atomic E-state index is 13.1. The first-order valence-corrected chi connectivity index (χ1v) is 6.63. The number of halogens is 1. The minimum Gasteiger partial charge on any atom is -0.444 e. The lowest BCUT2D eigenvalue weighted by atomic mass is 10.0. The monoisotopic (exact) mass is 264 g/mol. The Hall–Kier alpha value is -1.62. The molecule has 19 heavy (non-hydrogen) atoms. The molecule has 1 amide bonds. The number of rotatable bonds is 3. The number of nitrogens with one attached hydrogen (secondary N) is 1. The number of amides is 1. The first-order chi connectivity index (χ1) is 9.22. The molecule has 0 saturated carbocycles. The molecule has 2 fully saturated rings. The molecule has 1 aromatic carbocycles. The molecule has 2 unspecified atom stereocenters. The molecule has 1 aromatic rings. The average Bonchev–Trinajstić information content (AvgIpc) is 3.00. The summed E-state index contributed by atoms with van der Waals surface area (Å²) in [5.74, 6) is 0.128. The van der Waals surface area contributed by atoms with Gasteiger partial charge in [0.2, 0.25) is 0 Å². The van der Waals surface area contributed by atoms with Gasteiger partial charge in [0.05, 0.1) is 6.54 Å². The SMILES string of the molecule is O=C1OC(C2CCNC2)CN1Cc1cccc(F)c1. The van der Waals surface area contributed by atoms with Crippen LogP contribution in [0.25, 0.3) is 0 Å². The molecule has 1 N–H and O–H groups in total.